The van der Waals surface area contributed by atoms with Crippen LogP contribution >= 0.6 is 0 Å². The standard InChI is InChI=1S/C10H22O7.5C3H3O.5Y/c11-1-9(2-12,3-13)7-17-8-10(4-14,5-15)6-16;5*1-2-3-4;;;;;/h11-16H,1-8H2;5*2H,1H2;;;;;/q;5*-1;;;;;. The number of hydrogen-bond acceptors (Lipinski definition) is 12. The van der Waals surface area contributed by atoms with Gasteiger partial charge in [0.15, 0.2) is 0 Å². The first-order valence-electron chi connectivity index (χ1n) is 9.81. The molecule has 0 fully saturated rings. The molecule has 5 radical (unpaired) electrons. The summed E-state index contributed by atoms with van der Waals surface area (Å²) in [5, 5.41) is 54.2. The summed E-state index contributed by atoms with van der Waals surface area (Å²) >= 11 is 0. The molecule has 0 amide bonds. The van der Waals surface area contributed by atoms with Crippen molar-refractivity contribution in [2.75, 3.05) is 52.9 Å². The average molecular weight is 974 g/mol. The number of ether oxygens (including phenoxy) is 1. The molecule has 0 saturated heterocycles. The van der Waals surface area contributed by atoms with Crippen LogP contribution in [0.1, 0.15) is 0 Å². The Bertz CT molecular complexity index is 466. The number of hydrogen-bond donors (Lipinski definition) is 6. The Morgan fingerprint density at radius 1 is 0.429 bits per heavy atom. The van der Waals surface area contributed by atoms with Crippen molar-refractivity contribution >= 4 is 31.4 Å². The predicted octanol–water partition coefficient (Wildman–Crippen LogP) is -1.67. The van der Waals surface area contributed by atoms with E-state index in [1.165, 1.54) is 31.4 Å². The molecule has 17 heteroatoms. The van der Waals surface area contributed by atoms with Gasteiger partial charge in [0.25, 0.3) is 0 Å². The maximum atomic E-state index is 9.03. The number of aliphatic hydroxyl groups is 6. The fourth-order valence-electron chi connectivity index (χ4n) is 1.06. The molecule has 12 nitrogen and oxygen atoms in total. The molecule has 0 aromatic heterocycles. The summed E-state index contributed by atoms with van der Waals surface area (Å²) in [6.07, 6.45) is 12.6. The normalized spacial score (nSPS) is 7.67. The van der Waals surface area contributed by atoms with Crippen molar-refractivity contribution < 1.29 is 223 Å². The van der Waals surface area contributed by atoms with Gasteiger partial charge in [0.05, 0.1) is 63.7 Å². The molecule has 42 heavy (non-hydrogen) atoms. The number of rotatable bonds is 15. The fourth-order valence-corrected chi connectivity index (χ4v) is 1.06. The smallest absolute Gasteiger partial charge is 0.0629 e. The zero-order valence-corrected chi connectivity index (χ0v) is 37.8. The summed E-state index contributed by atoms with van der Waals surface area (Å²) in [6.45, 7) is 12.3. The first-order chi connectivity index (χ1) is 17.6. The van der Waals surface area contributed by atoms with Gasteiger partial charge in [0.2, 0.25) is 0 Å². The van der Waals surface area contributed by atoms with E-state index in [-0.39, 0.29) is 177 Å². The van der Waals surface area contributed by atoms with E-state index in [0.29, 0.717) is 0 Å². The van der Waals surface area contributed by atoms with Crippen LogP contribution in [-0.2, 0) is 192 Å². The molecule has 0 rings (SSSR count). The van der Waals surface area contributed by atoms with Gasteiger partial charge in [0.1, 0.15) is 0 Å². The molecule has 0 aliphatic rings. The van der Waals surface area contributed by atoms with Gasteiger partial charge in [-0.15, -0.1) is 0 Å². The first-order valence-corrected chi connectivity index (χ1v) is 9.81. The second-order valence-electron chi connectivity index (χ2n) is 6.05. The molecule has 6 N–H and O–H groups in total. The zero-order chi connectivity index (χ0) is 30.4. The predicted molar refractivity (Wildman–Crippen MR) is 138 cm³/mol. The first kappa shape index (κ1) is 74.9. The van der Waals surface area contributed by atoms with Crippen LogP contribution in [-0.4, -0.2) is 115 Å². The van der Waals surface area contributed by atoms with E-state index < -0.39 is 50.5 Å². The summed E-state index contributed by atoms with van der Waals surface area (Å²) in [5.74, 6) is 0. The fraction of sp³-hybridized carbons (Fsp3) is 0.400. The quantitative estimate of drug-likeness (QED) is 0.0803. The van der Waals surface area contributed by atoms with Crippen molar-refractivity contribution in [2.45, 2.75) is 0 Å². The number of carbonyl (C=O) groups excluding carboxylic acids is 5. The van der Waals surface area contributed by atoms with Gasteiger partial charge >= 0.3 is 0 Å². The Morgan fingerprint density at radius 2 is 0.548 bits per heavy atom. The van der Waals surface area contributed by atoms with E-state index in [1.54, 1.807) is 0 Å². The third-order valence-corrected chi connectivity index (χ3v) is 3.25. The molecule has 0 atom stereocenters. The molecule has 0 heterocycles. The van der Waals surface area contributed by atoms with E-state index in [4.69, 9.17) is 59.3 Å². The SMILES string of the molecule is C=C[C-]=O.C=C[C-]=O.C=C[C-]=O.C=C[C-]=O.C=C[C-]=O.OCC(CO)(CO)COCC(CO)(CO)CO.[Y].[Y].[Y].[Y].[Y]. The topological polar surface area (TPSA) is 216 Å². The summed E-state index contributed by atoms with van der Waals surface area (Å²) in [6, 6.07) is 0. The summed E-state index contributed by atoms with van der Waals surface area (Å²) < 4.78 is 5.15. The monoisotopic (exact) mass is 974 g/mol. The molecule has 0 unspecified atom stereocenters. The van der Waals surface area contributed by atoms with E-state index >= 15 is 0 Å². The zero-order valence-electron chi connectivity index (χ0n) is 23.6. The van der Waals surface area contributed by atoms with Crippen molar-refractivity contribution in [3.8, 4) is 0 Å². The van der Waals surface area contributed by atoms with Gasteiger partial charge in [-0.25, -0.2) is 63.3 Å². The van der Waals surface area contributed by atoms with Gasteiger partial charge in [-0.1, -0.05) is 0 Å². The molecule has 0 aliphatic carbocycles. The third-order valence-electron chi connectivity index (χ3n) is 3.25. The summed E-state index contributed by atoms with van der Waals surface area (Å²) in [5.41, 5.74) is -2.32. The minimum absolute atomic E-state index is 0. The third kappa shape index (κ3) is 65.1. The molecular weight excluding hydrogens is 937 g/mol. The van der Waals surface area contributed by atoms with Crippen LogP contribution in [0.5, 0.6) is 0 Å². The molecule has 0 spiro atoms. The Balaban J connectivity index is -0.0000000356. The van der Waals surface area contributed by atoms with Crippen molar-refractivity contribution in [3.05, 3.63) is 63.3 Å². The van der Waals surface area contributed by atoms with Crippen LogP contribution in [0.2, 0.25) is 0 Å². The van der Waals surface area contributed by atoms with Crippen LogP contribution in [0.4, 0.5) is 0 Å². The molecule has 0 saturated carbocycles. The van der Waals surface area contributed by atoms with Crippen LogP contribution in [0.25, 0.3) is 0 Å². The van der Waals surface area contributed by atoms with E-state index in [2.05, 4.69) is 32.9 Å². The average Bonchev–Trinajstić information content (AvgIpc) is 2.98. The minimum atomic E-state index is -1.16. The van der Waals surface area contributed by atoms with Gasteiger partial charge in [-0.05, 0) is 31.4 Å². The maximum Gasteiger partial charge on any atom is 0.0629 e. The van der Waals surface area contributed by atoms with Gasteiger partial charge in [-0.3, -0.25) is 0 Å². The van der Waals surface area contributed by atoms with E-state index in [9.17, 15) is 0 Å². The van der Waals surface area contributed by atoms with Gasteiger partial charge < -0.3 is 59.3 Å². The second-order valence-corrected chi connectivity index (χ2v) is 6.05. The van der Waals surface area contributed by atoms with Crippen molar-refractivity contribution in [2.24, 2.45) is 10.8 Å². The van der Waals surface area contributed by atoms with E-state index in [1.807, 2.05) is 0 Å². The second kappa shape index (κ2) is 69.9. The summed E-state index contributed by atoms with van der Waals surface area (Å²) in [4.78, 5) is 44.7. The Hall–Kier alpha value is 2.29. The molecule has 0 bridgehead atoms. The number of allylic oxidation sites excluding steroid dienone is 5. The Kier molecular flexibility index (Phi) is 125. The molecule has 0 aromatic rings. The Labute approximate surface area is 375 Å². The minimum Gasteiger partial charge on any atom is -0.419 e. The van der Waals surface area contributed by atoms with Crippen molar-refractivity contribution in [1.29, 1.82) is 0 Å². The molecule has 0 aliphatic heterocycles. The van der Waals surface area contributed by atoms with Crippen LogP contribution in [0.3, 0.4) is 0 Å². The van der Waals surface area contributed by atoms with Gasteiger partial charge in [-0.2, -0.15) is 0 Å². The van der Waals surface area contributed by atoms with Crippen molar-refractivity contribution in [1.82, 2.24) is 0 Å². The van der Waals surface area contributed by atoms with Crippen molar-refractivity contribution in [3.63, 3.8) is 0 Å². The van der Waals surface area contributed by atoms with Crippen LogP contribution < -0.4 is 0 Å². The molecular formula is C25H37O12Y5-5. The van der Waals surface area contributed by atoms with E-state index in [0.717, 1.165) is 30.4 Å². The number of aliphatic hydroxyl groups excluding tert-OH is 6. The van der Waals surface area contributed by atoms with Crippen LogP contribution in [0.15, 0.2) is 63.3 Å². The van der Waals surface area contributed by atoms with Crippen LogP contribution in [0, 0.1) is 10.8 Å². The van der Waals surface area contributed by atoms with Gasteiger partial charge in [0, 0.05) is 164 Å². The maximum absolute atomic E-state index is 9.03. The molecule has 0 aromatic carbocycles. The largest absolute Gasteiger partial charge is 0.419 e. The summed E-state index contributed by atoms with van der Waals surface area (Å²) in [7, 11) is 0. The Morgan fingerprint density at radius 3 is 0.619 bits per heavy atom. The molecule has 229 valence electrons.